The average Bonchev–Trinajstić information content (AvgIpc) is 3.03. The second-order valence-corrected chi connectivity index (χ2v) is 6.86. The summed E-state index contributed by atoms with van der Waals surface area (Å²) in [6.07, 6.45) is 0. The Kier molecular flexibility index (Phi) is 4.90. The summed E-state index contributed by atoms with van der Waals surface area (Å²) in [4.78, 5) is 25.0. The van der Waals surface area contributed by atoms with Gasteiger partial charge < -0.3 is 4.74 Å². The van der Waals surface area contributed by atoms with Gasteiger partial charge in [-0.1, -0.05) is 48.0 Å². The fourth-order valence-electron chi connectivity index (χ4n) is 3.09. The molecule has 146 valence electrons. The Morgan fingerprint density at radius 2 is 1.69 bits per heavy atom. The lowest BCUT2D eigenvalue weighted by atomic mass is 10.1. The molecule has 0 spiro atoms. The molecule has 0 aliphatic carbocycles. The Balaban J connectivity index is 1.64. The average molecular weight is 409 g/mol. The third-order valence-corrected chi connectivity index (χ3v) is 5.01. The molecule has 0 fully saturated rings. The zero-order chi connectivity index (χ0) is 20.5. The highest BCUT2D eigenvalue weighted by Crippen LogP contribution is 2.25. The molecule has 0 atom stereocenters. The van der Waals surface area contributed by atoms with Gasteiger partial charge in [0.1, 0.15) is 11.8 Å². The molecule has 2 aromatic carbocycles. The van der Waals surface area contributed by atoms with Gasteiger partial charge in [0.15, 0.2) is 5.69 Å². The Bertz CT molecular complexity index is 1280. The van der Waals surface area contributed by atoms with Gasteiger partial charge in [0.25, 0.3) is 5.56 Å². The van der Waals surface area contributed by atoms with E-state index in [2.05, 4.69) is 10.2 Å². The van der Waals surface area contributed by atoms with E-state index in [1.165, 1.54) is 7.05 Å². The second-order valence-electron chi connectivity index (χ2n) is 6.50. The number of para-hydroxylation sites is 1. The van der Waals surface area contributed by atoms with Crippen LogP contribution in [0.2, 0.25) is 5.15 Å². The van der Waals surface area contributed by atoms with Crippen molar-refractivity contribution in [2.45, 2.75) is 13.5 Å². The highest BCUT2D eigenvalue weighted by molar-refractivity contribution is 6.30. The number of nitrogens with zero attached hydrogens (tertiary/aromatic N) is 4. The topological polar surface area (TPSA) is 79.0 Å². The van der Waals surface area contributed by atoms with Gasteiger partial charge in [0, 0.05) is 18.0 Å². The molecule has 2 aromatic heterocycles. The van der Waals surface area contributed by atoms with Crippen LogP contribution in [-0.4, -0.2) is 25.5 Å². The van der Waals surface area contributed by atoms with E-state index in [9.17, 15) is 9.59 Å². The molecule has 4 aromatic rings. The first-order valence-corrected chi connectivity index (χ1v) is 9.27. The maximum absolute atomic E-state index is 12.7. The van der Waals surface area contributed by atoms with Crippen LogP contribution in [0.1, 0.15) is 21.7 Å². The Labute approximate surface area is 171 Å². The van der Waals surface area contributed by atoms with E-state index < -0.39 is 5.97 Å². The Hall–Kier alpha value is -3.45. The zero-order valence-electron chi connectivity index (χ0n) is 15.8. The lowest BCUT2D eigenvalue weighted by Crippen LogP contribution is -2.23. The third-order valence-electron chi connectivity index (χ3n) is 4.62. The number of esters is 1. The molecule has 0 aliphatic heterocycles. The maximum Gasteiger partial charge on any atom is 0.359 e. The van der Waals surface area contributed by atoms with E-state index in [4.69, 9.17) is 16.3 Å². The Morgan fingerprint density at radius 3 is 2.41 bits per heavy atom. The number of halogens is 1. The third kappa shape index (κ3) is 3.40. The standard InChI is InChI=1S/C21H17ClN4O3/c1-13-17(19(22)26(23-13)14-8-4-3-5-9-14)12-29-21(28)18-15-10-6-7-11-16(15)20(27)25(2)24-18/h3-11H,12H2,1-2H3. The van der Waals surface area contributed by atoms with Crippen LogP contribution in [0.3, 0.4) is 0 Å². The molecule has 4 rings (SSSR count). The highest BCUT2D eigenvalue weighted by atomic mass is 35.5. The molecule has 0 saturated heterocycles. The largest absolute Gasteiger partial charge is 0.456 e. The zero-order valence-corrected chi connectivity index (χ0v) is 16.6. The van der Waals surface area contributed by atoms with Gasteiger partial charge >= 0.3 is 5.97 Å². The summed E-state index contributed by atoms with van der Waals surface area (Å²) in [5.74, 6) is -0.639. The number of ether oxygens (including phenoxy) is 1. The fourth-order valence-corrected chi connectivity index (χ4v) is 3.42. The molecule has 0 bridgehead atoms. The predicted octanol–water partition coefficient (Wildman–Crippen LogP) is 3.44. The van der Waals surface area contributed by atoms with Crippen LogP contribution in [0.5, 0.6) is 0 Å². The lowest BCUT2D eigenvalue weighted by Gasteiger charge is -2.08. The summed E-state index contributed by atoms with van der Waals surface area (Å²) < 4.78 is 8.20. The molecule has 0 aliphatic rings. The number of carbonyl (C=O) groups is 1. The number of carbonyl (C=O) groups excluding carboxylic acids is 1. The lowest BCUT2D eigenvalue weighted by molar-refractivity contribution is 0.0465. The van der Waals surface area contributed by atoms with Crippen LogP contribution in [0.25, 0.3) is 16.5 Å². The van der Waals surface area contributed by atoms with E-state index in [1.807, 2.05) is 30.3 Å². The summed E-state index contributed by atoms with van der Waals surface area (Å²) >= 11 is 6.48. The van der Waals surface area contributed by atoms with Crippen LogP contribution in [0, 0.1) is 6.92 Å². The predicted molar refractivity (Wildman–Crippen MR) is 109 cm³/mol. The number of hydrogen-bond acceptors (Lipinski definition) is 5. The minimum Gasteiger partial charge on any atom is -0.456 e. The Morgan fingerprint density at radius 1 is 1.03 bits per heavy atom. The first-order valence-electron chi connectivity index (χ1n) is 8.90. The summed E-state index contributed by atoms with van der Waals surface area (Å²) in [6, 6.07) is 16.3. The van der Waals surface area contributed by atoms with Crippen molar-refractivity contribution in [3.05, 3.63) is 87.1 Å². The molecule has 8 heteroatoms. The van der Waals surface area contributed by atoms with E-state index in [1.54, 1.807) is 35.9 Å². The maximum atomic E-state index is 12.7. The highest BCUT2D eigenvalue weighted by Gasteiger charge is 2.20. The van der Waals surface area contributed by atoms with Gasteiger partial charge in [0.2, 0.25) is 0 Å². The van der Waals surface area contributed by atoms with Crippen molar-refractivity contribution in [3.63, 3.8) is 0 Å². The van der Waals surface area contributed by atoms with Crippen LogP contribution >= 0.6 is 11.6 Å². The molecule has 0 N–H and O–H groups in total. The van der Waals surface area contributed by atoms with Gasteiger partial charge in [-0.15, -0.1) is 0 Å². The van der Waals surface area contributed by atoms with Crippen molar-refractivity contribution in [1.29, 1.82) is 0 Å². The van der Waals surface area contributed by atoms with E-state index >= 15 is 0 Å². The number of benzene rings is 2. The molecule has 0 unspecified atom stereocenters. The van der Waals surface area contributed by atoms with Crippen LogP contribution in [0.4, 0.5) is 0 Å². The van der Waals surface area contributed by atoms with Crippen molar-refractivity contribution in [2.75, 3.05) is 0 Å². The van der Waals surface area contributed by atoms with Gasteiger partial charge in [-0.05, 0) is 25.1 Å². The van der Waals surface area contributed by atoms with Gasteiger partial charge in [-0.3, -0.25) is 4.79 Å². The van der Waals surface area contributed by atoms with Crippen molar-refractivity contribution in [3.8, 4) is 5.69 Å². The van der Waals surface area contributed by atoms with Crippen molar-refractivity contribution < 1.29 is 9.53 Å². The molecule has 0 saturated carbocycles. The summed E-state index contributed by atoms with van der Waals surface area (Å²) in [7, 11) is 1.50. The summed E-state index contributed by atoms with van der Waals surface area (Å²) in [6.45, 7) is 1.74. The van der Waals surface area contributed by atoms with Crippen LogP contribution in [-0.2, 0) is 18.4 Å². The first kappa shape index (κ1) is 18.9. The molecular weight excluding hydrogens is 392 g/mol. The fraction of sp³-hybridized carbons (Fsp3) is 0.143. The first-order chi connectivity index (χ1) is 14.0. The van der Waals surface area contributed by atoms with Crippen molar-refractivity contribution in [1.82, 2.24) is 19.6 Å². The molecule has 7 nitrogen and oxygen atoms in total. The molecule has 29 heavy (non-hydrogen) atoms. The number of rotatable bonds is 4. The van der Waals surface area contributed by atoms with Gasteiger partial charge in [-0.25, -0.2) is 14.2 Å². The monoisotopic (exact) mass is 408 g/mol. The number of aromatic nitrogens is 4. The van der Waals surface area contributed by atoms with Crippen molar-refractivity contribution in [2.24, 2.45) is 7.05 Å². The molecule has 0 radical (unpaired) electrons. The van der Waals surface area contributed by atoms with Gasteiger partial charge in [-0.2, -0.15) is 10.2 Å². The van der Waals surface area contributed by atoms with Crippen molar-refractivity contribution >= 4 is 28.3 Å². The number of hydrogen-bond donors (Lipinski definition) is 0. The SMILES string of the molecule is Cc1nn(-c2ccccc2)c(Cl)c1COC(=O)c1nn(C)c(=O)c2ccccc12. The molecule has 0 amide bonds. The van der Waals surface area contributed by atoms with Crippen LogP contribution in [0.15, 0.2) is 59.4 Å². The van der Waals surface area contributed by atoms with Gasteiger partial charge in [0.05, 0.1) is 16.8 Å². The number of aryl methyl sites for hydroxylation is 2. The smallest absolute Gasteiger partial charge is 0.359 e. The summed E-state index contributed by atoms with van der Waals surface area (Å²) in [5, 5.41) is 9.75. The number of fused-ring (bicyclic) bond motifs is 1. The quantitative estimate of drug-likeness (QED) is 0.483. The van der Waals surface area contributed by atoms with Crippen LogP contribution < -0.4 is 5.56 Å². The summed E-state index contributed by atoms with van der Waals surface area (Å²) in [5.41, 5.74) is 1.87. The minimum absolute atomic E-state index is 0.0603. The van der Waals surface area contributed by atoms with E-state index in [-0.39, 0.29) is 17.9 Å². The second kappa shape index (κ2) is 7.52. The minimum atomic E-state index is -0.639. The van der Waals surface area contributed by atoms with E-state index in [0.29, 0.717) is 27.2 Å². The van der Waals surface area contributed by atoms with E-state index in [0.717, 1.165) is 10.4 Å². The normalized spacial score (nSPS) is 11.0. The molecular formula is C21H17ClN4O3. The molecule has 2 heterocycles.